The molecule has 1 N–H and O–H groups in total. The van der Waals surface area contributed by atoms with Crippen LogP contribution in [0.1, 0.15) is 70.8 Å². The average Bonchev–Trinajstić information content (AvgIpc) is 3.55. The predicted molar refractivity (Wildman–Crippen MR) is 163 cm³/mol. The second-order valence-electron chi connectivity index (χ2n) is 12.3. The molecule has 42 heavy (non-hydrogen) atoms. The Hall–Kier alpha value is -2.97. The number of amides is 3. The molecule has 5 atom stereocenters. The van der Waals surface area contributed by atoms with E-state index in [0.717, 1.165) is 31.2 Å². The Morgan fingerprint density at radius 1 is 1.02 bits per heavy atom. The molecular weight excluding hydrogens is 530 g/mol. The average molecular weight is 580 g/mol. The smallest absolute Gasteiger partial charge is 0.248 e. The van der Waals surface area contributed by atoms with E-state index in [0.29, 0.717) is 58.4 Å². The predicted octanol–water partition coefficient (Wildman–Crippen LogP) is 4.33. The van der Waals surface area contributed by atoms with Gasteiger partial charge in [-0.2, -0.15) is 0 Å². The molecule has 1 aromatic rings. The highest BCUT2D eigenvalue weighted by Crippen LogP contribution is 2.63. The van der Waals surface area contributed by atoms with Crippen LogP contribution in [-0.4, -0.2) is 87.6 Å². The maximum absolute atomic E-state index is 14.4. The number of carbonyl (C=O) groups excluding carboxylic acids is 3. The number of hydrogen-bond donors (Lipinski definition) is 1. The summed E-state index contributed by atoms with van der Waals surface area (Å²) in [5, 5.41) is 9.31. The van der Waals surface area contributed by atoms with Gasteiger partial charge in [-0.3, -0.25) is 14.4 Å². The standard InChI is InChI=1S/C34H49N3O5/c1-5-8-13-22-35(20-6-2)32(41)29-34-19-18-33(4,42-34)27(28(34)31(40)37(29)23-14-10-15-24-38)30(39)36(21-7-3)25-26-16-11-9-12-17-26/h6-7,9,11-12,16-17,27-29,38H,2-3,5,8,10,13-15,18-25H2,1,4H3/t27-,28-,29?,33+,34?/m0/s1. The van der Waals surface area contributed by atoms with Gasteiger partial charge in [-0.1, -0.05) is 62.2 Å². The van der Waals surface area contributed by atoms with E-state index in [1.165, 1.54) is 0 Å². The zero-order valence-electron chi connectivity index (χ0n) is 25.5. The van der Waals surface area contributed by atoms with Crippen molar-refractivity contribution in [2.75, 3.05) is 32.8 Å². The van der Waals surface area contributed by atoms with Crippen LogP contribution in [0.3, 0.4) is 0 Å². The fourth-order valence-corrected chi connectivity index (χ4v) is 7.45. The Kier molecular flexibility index (Phi) is 10.7. The molecule has 230 valence electrons. The maximum Gasteiger partial charge on any atom is 0.248 e. The van der Waals surface area contributed by atoms with Crippen LogP contribution in [0, 0.1) is 11.8 Å². The molecular formula is C34H49N3O5. The van der Waals surface area contributed by atoms with Gasteiger partial charge >= 0.3 is 0 Å². The molecule has 0 radical (unpaired) electrons. The van der Waals surface area contributed by atoms with Gasteiger partial charge in [-0.15, -0.1) is 13.2 Å². The zero-order valence-corrected chi connectivity index (χ0v) is 25.5. The molecule has 2 unspecified atom stereocenters. The highest BCUT2D eigenvalue weighted by Gasteiger charge is 2.78. The van der Waals surface area contributed by atoms with Gasteiger partial charge in [0.2, 0.25) is 17.7 Å². The van der Waals surface area contributed by atoms with Gasteiger partial charge in [0.15, 0.2) is 0 Å². The summed E-state index contributed by atoms with van der Waals surface area (Å²) >= 11 is 0. The largest absolute Gasteiger partial charge is 0.396 e. The molecule has 8 heteroatoms. The second-order valence-corrected chi connectivity index (χ2v) is 12.3. The lowest BCUT2D eigenvalue weighted by Gasteiger charge is -2.37. The van der Waals surface area contributed by atoms with Gasteiger partial charge in [0.05, 0.1) is 17.4 Å². The van der Waals surface area contributed by atoms with E-state index >= 15 is 0 Å². The van der Waals surface area contributed by atoms with Crippen LogP contribution in [0.2, 0.25) is 0 Å². The number of benzene rings is 1. The third-order valence-corrected chi connectivity index (χ3v) is 9.40. The molecule has 3 heterocycles. The first-order valence-corrected chi connectivity index (χ1v) is 15.7. The summed E-state index contributed by atoms with van der Waals surface area (Å²) in [6.45, 7) is 14.1. The Morgan fingerprint density at radius 3 is 2.40 bits per heavy atom. The highest BCUT2D eigenvalue weighted by atomic mass is 16.5. The lowest BCUT2D eigenvalue weighted by molar-refractivity contribution is -0.153. The second kappa shape index (κ2) is 14.0. The van der Waals surface area contributed by atoms with Crippen molar-refractivity contribution < 1.29 is 24.2 Å². The monoisotopic (exact) mass is 579 g/mol. The van der Waals surface area contributed by atoms with Crippen molar-refractivity contribution in [3.63, 3.8) is 0 Å². The zero-order chi connectivity index (χ0) is 30.3. The Morgan fingerprint density at radius 2 is 1.74 bits per heavy atom. The summed E-state index contributed by atoms with van der Waals surface area (Å²) in [5.41, 5.74) is -0.877. The van der Waals surface area contributed by atoms with Crippen molar-refractivity contribution in [3.8, 4) is 0 Å². The Bertz CT molecular complexity index is 1130. The summed E-state index contributed by atoms with van der Waals surface area (Å²) in [7, 11) is 0. The van der Waals surface area contributed by atoms with Crippen LogP contribution in [0.25, 0.3) is 0 Å². The molecule has 3 aliphatic heterocycles. The number of hydrogen-bond acceptors (Lipinski definition) is 5. The number of aliphatic hydroxyl groups is 1. The molecule has 3 saturated heterocycles. The van der Waals surface area contributed by atoms with E-state index in [1.54, 1.807) is 22.0 Å². The third-order valence-electron chi connectivity index (χ3n) is 9.40. The number of nitrogens with zero attached hydrogens (tertiary/aromatic N) is 3. The minimum absolute atomic E-state index is 0.0893. The summed E-state index contributed by atoms with van der Waals surface area (Å²) in [6, 6.07) is 9.03. The molecule has 3 amide bonds. The van der Waals surface area contributed by atoms with Crippen LogP contribution >= 0.6 is 0 Å². The van der Waals surface area contributed by atoms with Crippen molar-refractivity contribution in [1.82, 2.24) is 14.7 Å². The molecule has 3 fully saturated rings. The van der Waals surface area contributed by atoms with Crippen LogP contribution in [0.5, 0.6) is 0 Å². The van der Waals surface area contributed by atoms with E-state index in [1.807, 2.05) is 42.2 Å². The van der Waals surface area contributed by atoms with Gasteiger partial charge in [-0.05, 0) is 51.0 Å². The fourth-order valence-electron chi connectivity index (χ4n) is 7.45. The number of fused-ring (bicyclic) bond motifs is 1. The Labute approximate surface area is 251 Å². The third kappa shape index (κ3) is 6.06. The molecule has 1 spiro atoms. The molecule has 8 nitrogen and oxygen atoms in total. The van der Waals surface area contributed by atoms with E-state index in [9.17, 15) is 19.5 Å². The molecule has 4 rings (SSSR count). The highest BCUT2D eigenvalue weighted by molar-refractivity contribution is 5.99. The lowest BCUT2D eigenvalue weighted by Crippen LogP contribution is -2.56. The van der Waals surface area contributed by atoms with Crippen LogP contribution in [0.4, 0.5) is 0 Å². The van der Waals surface area contributed by atoms with Crippen molar-refractivity contribution >= 4 is 17.7 Å². The van der Waals surface area contributed by atoms with Gasteiger partial charge in [-0.25, -0.2) is 0 Å². The number of carbonyl (C=O) groups is 3. The SMILES string of the molecule is C=CCN(CCCCC)C(=O)C1N(CCCCCO)C(=O)[C@@H]2[C@@H](C(=O)N(CC=C)Cc3ccccc3)[C@@]3(C)CCC12O3. The number of likely N-dealkylation sites (tertiary alicyclic amines) is 1. The first-order chi connectivity index (χ1) is 20.3. The van der Waals surface area contributed by atoms with Crippen molar-refractivity contribution in [2.24, 2.45) is 11.8 Å². The van der Waals surface area contributed by atoms with Crippen LogP contribution in [0.15, 0.2) is 55.6 Å². The molecule has 0 aliphatic carbocycles. The molecule has 2 bridgehead atoms. The van der Waals surface area contributed by atoms with Crippen molar-refractivity contribution in [3.05, 3.63) is 61.2 Å². The van der Waals surface area contributed by atoms with E-state index in [2.05, 4.69) is 20.1 Å². The topological polar surface area (TPSA) is 90.4 Å². The minimum Gasteiger partial charge on any atom is -0.396 e. The summed E-state index contributed by atoms with van der Waals surface area (Å²) in [4.78, 5) is 48.5. The summed E-state index contributed by atoms with van der Waals surface area (Å²) in [5.74, 6) is -1.81. The van der Waals surface area contributed by atoms with E-state index in [4.69, 9.17) is 4.74 Å². The number of rotatable bonds is 17. The van der Waals surface area contributed by atoms with Gasteiger partial charge < -0.3 is 24.5 Å². The number of ether oxygens (including phenoxy) is 1. The quantitative estimate of drug-likeness (QED) is 0.219. The number of aliphatic hydroxyl groups excluding tert-OH is 1. The van der Waals surface area contributed by atoms with Crippen molar-refractivity contribution in [1.29, 1.82) is 0 Å². The van der Waals surface area contributed by atoms with Gasteiger partial charge in [0.25, 0.3) is 0 Å². The van der Waals surface area contributed by atoms with Gasteiger partial charge in [0, 0.05) is 39.3 Å². The van der Waals surface area contributed by atoms with Crippen LogP contribution < -0.4 is 0 Å². The number of unbranched alkanes of at least 4 members (excludes halogenated alkanes) is 4. The first-order valence-electron chi connectivity index (χ1n) is 15.7. The van der Waals surface area contributed by atoms with Gasteiger partial charge in [0.1, 0.15) is 11.6 Å². The lowest BCUT2D eigenvalue weighted by atomic mass is 9.66. The first kappa shape index (κ1) is 32.0. The molecule has 0 saturated carbocycles. The fraction of sp³-hybridized carbons (Fsp3) is 0.618. The van der Waals surface area contributed by atoms with E-state index in [-0.39, 0.29) is 24.3 Å². The molecule has 0 aromatic heterocycles. The minimum atomic E-state index is -1.04. The molecule has 3 aliphatic rings. The summed E-state index contributed by atoms with van der Waals surface area (Å²) < 4.78 is 6.85. The normalized spacial score (nSPS) is 27.6. The van der Waals surface area contributed by atoms with E-state index < -0.39 is 29.1 Å². The Balaban J connectivity index is 1.70. The molecule has 1 aromatic carbocycles. The summed E-state index contributed by atoms with van der Waals surface area (Å²) in [6.07, 6.45) is 9.60. The van der Waals surface area contributed by atoms with Crippen molar-refractivity contribution in [2.45, 2.75) is 89.0 Å². The van der Waals surface area contributed by atoms with Crippen LogP contribution in [-0.2, 0) is 25.7 Å². The maximum atomic E-state index is 14.4.